The molecule has 0 unspecified atom stereocenters. The summed E-state index contributed by atoms with van der Waals surface area (Å²) in [6.45, 7) is 4.78. The molecular formula is C57H37NO. The van der Waals surface area contributed by atoms with Crippen molar-refractivity contribution in [1.29, 1.82) is 0 Å². The molecule has 2 heteroatoms. The maximum Gasteiger partial charge on any atom is 0.143 e. The highest BCUT2D eigenvalue weighted by Gasteiger charge is 2.40. The molecule has 0 aliphatic heterocycles. The van der Waals surface area contributed by atoms with E-state index < -0.39 is 0 Å². The molecule has 0 N–H and O–H groups in total. The van der Waals surface area contributed by atoms with Crippen molar-refractivity contribution in [3.8, 4) is 50.3 Å². The molecule has 0 saturated heterocycles. The van der Waals surface area contributed by atoms with Gasteiger partial charge in [-0.25, -0.2) is 0 Å². The minimum atomic E-state index is -0.146. The topological polar surface area (TPSA) is 18.1 Å². The van der Waals surface area contributed by atoms with Crippen LogP contribution >= 0.6 is 0 Å². The normalized spacial score (nSPS) is 13.4. The molecule has 0 spiro atoms. The zero-order valence-corrected chi connectivity index (χ0v) is 32.8. The highest BCUT2D eigenvalue weighted by molar-refractivity contribution is 6.29. The van der Waals surface area contributed by atoms with Gasteiger partial charge in [-0.1, -0.05) is 166 Å². The van der Waals surface area contributed by atoms with Crippen molar-refractivity contribution in [2.24, 2.45) is 0 Å². The van der Waals surface area contributed by atoms with Crippen molar-refractivity contribution < 1.29 is 4.42 Å². The molecule has 2 heterocycles. The lowest BCUT2D eigenvalue weighted by Gasteiger charge is -2.21. The Kier molecular flexibility index (Phi) is 6.54. The van der Waals surface area contributed by atoms with Crippen LogP contribution in [0.25, 0.3) is 115 Å². The minimum Gasteiger partial charge on any atom is -0.455 e. The van der Waals surface area contributed by atoms with Crippen molar-refractivity contribution >= 4 is 65.2 Å². The number of hydrogen-bond acceptors (Lipinski definition) is 1. The van der Waals surface area contributed by atoms with Crippen LogP contribution in [0.15, 0.2) is 192 Å². The van der Waals surface area contributed by atoms with Gasteiger partial charge in [-0.05, 0) is 108 Å². The molecule has 59 heavy (non-hydrogen) atoms. The van der Waals surface area contributed by atoms with Gasteiger partial charge in [0.1, 0.15) is 11.2 Å². The summed E-state index contributed by atoms with van der Waals surface area (Å²) in [4.78, 5) is 0. The van der Waals surface area contributed by atoms with Gasteiger partial charge in [0.15, 0.2) is 0 Å². The summed E-state index contributed by atoms with van der Waals surface area (Å²) in [5, 5.41) is 11.3. The van der Waals surface area contributed by atoms with Gasteiger partial charge in [-0.15, -0.1) is 0 Å². The average molecular weight is 752 g/mol. The zero-order valence-electron chi connectivity index (χ0n) is 32.8. The standard InChI is InChI=1S/C57H37NO/c1-57(2)48-19-11-9-17-45(48)55-54(57)47-33-37(25-32-49(47)58(55)38-15-7-4-8-16-38)39-26-21-35-24-29-43-41(27-22-36-23-28-42(39)51(35)52(36)43)44-31-30-40(34-13-5-3-6-14-34)56-53(44)46-18-10-12-20-50(46)59-56/h3-33H,1-2H3. The van der Waals surface area contributed by atoms with Crippen LogP contribution in [-0.4, -0.2) is 4.57 Å². The van der Waals surface area contributed by atoms with Gasteiger partial charge in [0.2, 0.25) is 0 Å². The van der Waals surface area contributed by atoms with E-state index in [1.807, 2.05) is 0 Å². The number of benzene rings is 10. The molecule has 2 nitrogen and oxygen atoms in total. The molecule has 13 rings (SSSR count). The zero-order chi connectivity index (χ0) is 39.0. The summed E-state index contributed by atoms with van der Waals surface area (Å²) in [5.74, 6) is 0. The van der Waals surface area contributed by atoms with E-state index in [9.17, 15) is 0 Å². The molecule has 10 aromatic carbocycles. The van der Waals surface area contributed by atoms with Gasteiger partial charge in [-0.3, -0.25) is 0 Å². The van der Waals surface area contributed by atoms with Gasteiger partial charge >= 0.3 is 0 Å². The molecule has 0 atom stereocenters. The maximum absolute atomic E-state index is 6.70. The third-order valence-electron chi connectivity index (χ3n) is 13.3. The van der Waals surface area contributed by atoms with Crippen LogP contribution in [0.1, 0.15) is 25.0 Å². The Bertz CT molecular complexity index is 3680. The molecule has 1 aliphatic rings. The van der Waals surface area contributed by atoms with Crippen molar-refractivity contribution in [2.75, 3.05) is 0 Å². The molecule has 1 aliphatic carbocycles. The van der Waals surface area contributed by atoms with Crippen molar-refractivity contribution in [2.45, 2.75) is 19.3 Å². The summed E-state index contributed by atoms with van der Waals surface area (Å²) in [5.41, 5.74) is 16.7. The maximum atomic E-state index is 6.70. The second kappa shape index (κ2) is 11.8. The lowest BCUT2D eigenvalue weighted by Crippen LogP contribution is -2.14. The molecule has 0 bridgehead atoms. The van der Waals surface area contributed by atoms with Gasteiger partial charge in [-0.2, -0.15) is 0 Å². The second-order valence-corrected chi connectivity index (χ2v) is 16.8. The van der Waals surface area contributed by atoms with E-state index in [4.69, 9.17) is 4.42 Å². The van der Waals surface area contributed by atoms with E-state index in [2.05, 4.69) is 206 Å². The third kappa shape index (κ3) is 4.41. The fourth-order valence-electron chi connectivity index (χ4n) is 10.7. The van der Waals surface area contributed by atoms with Crippen molar-refractivity contribution in [3.63, 3.8) is 0 Å². The Morgan fingerprint density at radius 3 is 1.85 bits per heavy atom. The first-order valence-electron chi connectivity index (χ1n) is 20.6. The molecule has 0 radical (unpaired) electrons. The Hall–Kier alpha value is -7.42. The van der Waals surface area contributed by atoms with Gasteiger partial charge in [0.25, 0.3) is 0 Å². The summed E-state index contributed by atoms with van der Waals surface area (Å²) < 4.78 is 9.19. The van der Waals surface area contributed by atoms with Crippen LogP contribution in [0.4, 0.5) is 0 Å². The summed E-state index contributed by atoms with van der Waals surface area (Å²) in [6.07, 6.45) is 0. The van der Waals surface area contributed by atoms with Crippen LogP contribution in [-0.2, 0) is 5.41 Å². The fourth-order valence-corrected chi connectivity index (χ4v) is 10.7. The minimum absolute atomic E-state index is 0.146. The number of rotatable bonds is 4. The molecule has 12 aromatic rings. The first kappa shape index (κ1) is 32.6. The quantitative estimate of drug-likeness (QED) is 0.164. The highest BCUT2D eigenvalue weighted by Crippen LogP contribution is 2.54. The molecule has 0 fully saturated rings. The van der Waals surface area contributed by atoms with Gasteiger partial charge in [0.05, 0.1) is 11.2 Å². The fraction of sp³-hybridized carbons (Fsp3) is 0.0526. The summed E-state index contributed by atoms with van der Waals surface area (Å²) in [6, 6.07) is 69.2. The van der Waals surface area contributed by atoms with Crippen LogP contribution in [0, 0.1) is 0 Å². The third-order valence-corrected chi connectivity index (χ3v) is 13.3. The molecule has 0 amide bonds. The van der Waals surface area contributed by atoms with E-state index >= 15 is 0 Å². The summed E-state index contributed by atoms with van der Waals surface area (Å²) in [7, 11) is 0. The Labute approximate surface area is 341 Å². The van der Waals surface area contributed by atoms with E-state index in [1.54, 1.807) is 0 Å². The van der Waals surface area contributed by atoms with Crippen LogP contribution in [0.2, 0.25) is 0 Å². The average Bonchev–Trinajstić information content (AvgIpc) is 3.92. The first-order valence-corrected chi connectivity index (χ1v) is 20.6. The number of furan rings is 1. The second-order valence-electron chi connectivity index (χ2n) is 16.8. The number of nitrogens with zero attached hydrogens (tertiary/aromatic N) is 1. The Morgan fingerprint density at radius 1 is 0.424 bits per heavy atom. The molecule has 0 saturated carbocycles. The van der Waals surface area contributed by atoms with Gasteiger partial charge in [0, 0.05) is 38.4 Å². The van der Waals surface area contributed by atoms with Crippen molar-refractivity contribution in [3.05, 3.63) is 199 Å². The smallest absolute Gasteiger partial charge is 0.143 e. The Balaban J connectivity index is 1.05. The first-order chi connectivity index (χ1) is 29.0. The Morgan fingerprint density at radius 2 is 1.05 bits per heavy atom. The largest absolute Gasteiger partial charge is 0.455 e. The summed E-state index contributed by atoms with van der Waals surface area (Å²) >= 11 is 0. The van der Waals surface area contributed by atoms with Gasteiger partial charge < -0.3 is 8.98 Å². The number of aromatic nitrogens is 1. The predicted octanol–water partition coefficient (Wildman–Crippen LogP) is 15.7. The van der Waals surface area contributed by atoms with E-state index in [0.717, 1.165) is 33.1 Å². The van der Waals surface area contributed by atoms with Crippen LogP contribution in [0.3, 0.4) is 0 Å². The lowest BCUT2D eigenvalue weighted by atomic mass is 9.81. The van der Waals surface area contributed by atoms with E-state index in [0.29, 0.717) is 0 Å². The monoisotopic (exact) mass is 751 g/mol. The van der Waals surface area contributed by atoms with Crippen LogP contribution < -0.4 is 0 Å². The SMILES string of the molecule is CC1(C)c2ccccc2-c2c1c1cc(-c3ccc4ccc5c(-c6ccc(-c7ccccc7)c7oc8ccccc8c67)ccc6ccc3c4c65)ccc1n2-c1ccccc1. The van der Waals surface area contributed by atoms with Crippen LogP contribution in [0.5, 0.6) is 0 Å². The molecule has 2 aromatic heterocycles. The number of hydrogen-bond donors (Lipinski definition) is 0. The highest BCUT2D eigenvalue weighted by atomic mass is 16.3. The lowest BCUT2D eigenvalue weighted by molar-refractivity contribution is 0.666. The predicted molar refractivity (Wildman–Crippen MR) is 248 cm³/mol. The number of fused-ring (bicyclic) bond motifs is 8. The molecule has 276 valence electrons. The van der Waals surface area contributed by atoms with E-state index in [1.165, 1.54) is 93.5 Å². The number of para-hydroxylation sites is 2. The molecular weight excluding hydrogens is 715 g/mol. The van der Waals surface area contributed by atoms with E-state index in [-0.39, 0.29) is 5.41 Å². The van der Waals surface area contributed by atoms with Crippen molar-refractivity contribution in [1.82, 2.24) is 4.57 Å².